The molecule has 0 bridgehead atoms. The van der Waals surface area contributed by atoms with Crippen LogP contribution < -0.4 is 0 Å². The highest BCUT2D eigenvalue weighted by molar-refractivity contribution is 7.47. The smallest absolute Gasteiger partial charge is 0.462 e. The number of phosphoric acid groups is 2. The average molecular weight is 949 g/mol. The summed E-state index contributed by atoms with van der Waals surface area (Å²) in [6, 6.07) is 0. The van der Waals surface area contributed by atoms with E-state index in [0.29, 0.717) is 19.3 Å². The standard InChI is InChI=1S/C50H78O13P2/c1-3-5-7-9-11-13-15-17-19-21-23-25-27-29-31-33-35-37-39-41-49(52)59-45-48(46-62-65(57,58)61-44-47(51)43-60-64(54,55)56)63-50(53)42-40-38-36-34-32-30-28-26-24-22-20-18-16-14-12-10-8-6-4-2/h5-8,11-14,17-20,23-26,29-32,36,38,47-48,51H,3-4,9-10,15-16,21-22,27-28,33-35,37,39-46H2,1-2H3,(H,57,58)(H2,54,55,56)/b7-5-,8-6-,13-11-,14-12-,19-17-,20-18-,25-23-,26-24-,31-29-,32-30-,38-36-/t47-,48+/m0/s1. The van der Waals surface area contributed by atoms with Crippen molar-refractivity contribution in [2.45, 2.75) is 142 Å². The van der Waals surface area contributed by atoms with Gasteiger partial charge in [-0.1, -0.05) is 154 Å². The number of hydrogen-bond acceptors (Lipinski definition) is 10. The van der Waals surface area contributed by atoms with E-state index >= 15 is 0 Å². The van der Waals surface area contributed by atoms with Gasteiger partial charge < -0.3 is 29.3 Å². The van der Waals surface area contributed by atoms with Crippen LogP contribution >= 0.6 is 15.6 Å². The normalized spacial score (nSPS) is 15.1. The Labute approximate surface area is 389 Å². The first-order valence-electron chi connectivity index (χ1n) is 22.9. The predicted octanol–water partition coefficient (Wildman–Crippen LogP) is 12.2. The summed E-state index contributed by atoms with van der Waals surface area (Å²) in [5.74, 6) is -1.18. The second-order valence-corrected chi connectivity index (χ2v) is 17.2. The number of rotatable bonds is 41. The number of unbranched alkanes of at least 4 members (excludes halogenated alkanes) is 3. The van der Waals surface area contributed by atoms with Gasteiger partial charge in [0, 0.05) is 12.8 Å². The number of aliphatic hydroxyl groups excluding tert-OH is 1. The van der Waals surface area contributed by atoms with Crippen molar-refractivity contribution >= 4 is 27.6 Å². The molecule has 0 aliphatic heterocycles. The number of aliphatic hydroxyl groups is 1. The molecule has 0 saturated heterocycles. The number of esters is 2. The third kappa shape index (κ3) is 48.0. The van der Waals surface area contributed by atoms with Crippen LogP contribution in [0.3, 0.4) is 0 Å². The number of hydrogen-bond donors (Lipinski definition) is 4. The van der Waals surface area contributed by atoms with Crippen molar-refractivity contribution in [1.29, 1.82) is 0 Å². The molecule has 1 unspecified atom stereocenters. The molecular weight excluding hydrogens is 870 g/mol. The van der Waals surface area contributed by atoms with Gasteiger partial charge in [0.2, 0.25) is 0 Å². The van der Waals surface area contributed by atoms with Crippen LogP contribution in [0.1, 0.15) is 129 Å². The van der Waals surface area contributed by atoms with E-state index in [4.69, 9.17) is 23.8 Å². The average Bonchev–Trinajstić information content (AvgIpc) is 3.27. The highest BCUT2D eigenvalue weighted by Gasteiger charge is 2.28. The third-order valence-corrected chi connectivity index (χ3v) is 9.97. The van der Waals surface area contributed by atoms with Gasteiger partial charge in [0.1, 0.15) is 12.7 Å². The Hall–Kier alpha value is -3.74. The van der Waals surface area contributed by atoms with Crippen molar-refractivity contribution in [2.24, 2.45) is 0 Å². The maximum absolute atomic E-state index is 12.7. The molecule has 0 amide bonds. The molecule has 0 aliphatic rings. The Bertz CT molecular complexity index is 1650. The molecule has 0 fully saturated rings. The monoisotopic (exact) mass is 948 g/mol. The van der Waals surface area contributed by atoms with E-state index in [1.165, 1.54) is 0 Å². The molecule has 0 aromatic carbocycles. The molecule has 0 radical (unpaired) electrons. The van der Waals surface area contributed by atoms with Crippen LogP contribution in [0.15, 0.2) is 134 Å². The molecule has 0 spiro atoms. The Morgan fingerprint density at radius 1 is 0.446 bits per heavy atom. The maximum atomic E-state index is 12.7. The van der Waals surface area contributed by atoms with Crippen LogP contribution in [-0.2, 0) is 41.8 Å². The van der Waals surface area contributed by atoms with Gasteiger partial charge in [0.05, 0.1) is 19.8 Å². The fraction of sp³-hybridized carbons (Fsp3) is 0.520. The zero-order valence-electron chi connectivity index (χ0n) is 38.8. The highest BCUT2D eigenvalue weighted by Crippen LogP contribution is 2.43. The van der Waals surface area contributed by atoms with E-state index in [2.05, 4.69) is 138 Å². The van der Waals surface area contributed by atoms with Gasteiger partial charge in [-0.15, -0.1) is 0 Å². The maximum Gasteiger partial charge on any atom is 0.472 e. The predicted molar refractivity (Wildman–Crippen MR) is 262 cm³/mol. The molecule has 0 aliphatic carbocycles. The van der Waals surface area contributed by atoms with Gasteiger partial charge in [-0.3, -0.25) is 23.2 Å². The van der Waals surface area contributed by atoms with Crippen LogP contribution in [-0.4, -0.2) is 70.4 Å². The van der Waals surface area contributed by atoms with Crippen molar-refractivity contribution in [1.82, 2.24) is 0 Å². The Morgan fingerprint density at radius 3 is 1.26 bits per heavy atom. The van der Waals surface area contributed by atoms with E-state index in [1.807, 2.05) is 18.2 Å². The van der Waals surface area contributed by atoms with Crippen molar-refractivity contribution in [2.75, 3.05) is 26.4 Å². The summed E-state index contributed by atoms with van der Waals surface area (Å²) in [6.45, 7) is 1.39. The molecular formula is C50H78O13P2. The molecule has 15 heteroatoms. The first-order valence-corrected chi connectivity index (χ1v) is 25.9. The third-order valence-electron chi connectivity index (χ3n) is 8.54. The van der Waals surface area contributed by atoms with Gasteiger partial charge in [0.25, 0.3) is 0 Å². The van der Waals surface area contributed by atoms with Gasteiger partial charge in [-0.25, -0.2) is 9.13 Å². The molecule has 0 aromatic heterocycles. The van der Waals surface area contributed by atoms with E-state index in [1.54, 1.807) is 0 Å². The Kier molecular flexibility index (Phi) is 41.6. The lowest BCUT2D eigenvalue weighted by molar-refractivity contribution is -0.161. The molecule has 0 aromatic rings. The largest absolute Gasteiger partial charge is 0.472 e. The fourth-order valence-corrected chi connectivity index (χ4v) is 6.32. The first-order chi connectivity index (χ1) is 31.4. The lowest BCUT2D eigenvalue weighted by atomic mass is 10.1. The minimum absolute atomic E-state index is 0.0104. The van der Waals surface area contributed by atoms with Crippen LogP contribution in [0, 0.1) is 0 Å². The van der Waals surface area contributed by atoms with Gasteiger partial charge >= 0.3 is 27.6 Å². The van der Waals surface area contributed by atoms with Gasteiger partial charge in [-0.2, -0.15) is 0 Å². The summed E-state index contributed by atoms with van der Waals surface area (Å²) in [7, 11) is -9.73. The lowest BCUT2D eigenvalue weighted by Gasteiger charge is -2.20. The summed E-state index contributed by atoms with van der Waals surface area (Å²) in [5.41, 5.74) is 0. The number of allylic oxidation sites excluding steroid dienone is 22. The molecule has 0 rings (SSSR count). The SMILES string of the molecule is CC/C=C\C/C=C\C/C=C\C/C=C\C/C=C\C/C=C\CCC(=O)O[C@H](COC(=O)CCCCC/C=C\C/C=C\C/C=C\C/C=C\C/C=C\CC)COP(=O)(O)OC[C@@H](O)COP(=O)(O)O. The van der Waals surface area contributed by atoms with Crippen molar-refractivity contribution in [3.63, 3.8) is 0 Å². The Balaban J connectivity index is 4.70. The lowest BCUT2D eigenvalue weighted by Crippen LogP contribution is -2.29. The van der Waals surface area contributed by atoms with Gasteiger partial charge in [0.15, 0.2) is 6.10 Å². The highest BCUT2D eigenvalue weighted by atomic mass is 31.2. The molecule has 3 atom stereocenters. The van der Waals surface area contributed by atoms with Crippen LogP contribution in [0.5, 0.6) is 0 Å². The fourth-order valence-electron chi connectivity index (χ4n) is 5.16. The van der Waals surface area contributed by atoms with E-state index in [-0.39, 0.29) is 12.8 Å². The topological polar surface area (TPSA) is 195 Å². The molecule has 0 heterocycles. The van der Waals surface area contributed by atoms with E-state index < -0.39 is 66.2 Å². The number of carbonyl (C=O) groups excluding carboxylic acids is 2. The number of carbonyl (C=O) groups is 2. The van der Waals surface area contributed by atoms with Gasteiger partial charge in [-0.05, 0) is 96.3 Å². The second kappa shape index (κ2) is 44.1. The van der Waals surface area contributed by atoms with Crippen LogP contribution in [0.2, 0.25) is 0 Å². The van der Waals surface area contributed by atoms with Crippen molar-refractivity contribution < 1.29 is 61.6 Å². The zero-order chi connectivity index (χ0) is 48.0. The van der Waals surface area contributed by atoms with E-state index in [9.17, 15) is 28.7 Å². The summed E-state index contributed by atoms with van der Waals surface area (Å²) in [6.07, 6.45) is 57.4. The molecule has 4 N–H and O–H groups in total. The molecule has 366 valence electrons. The summed E-state index contributed by atoms with van der Waals surface area (Å²) in [5, 5.41) is 9.76. The van der Waals surface area contributed by atoms with E-state index in [0.717, 1.165) is 83.5 Å². The molecule has 0 saturated carbocycles. The molecule has 65 heavy (non-hydrogen) atoms. The Morgan fingerprint density at radius 2 is 0.831 bits per heavy atom. The second-order valence-electron chi connectivity index (χ2n) is 14.6. The minimum atomic E-state index is -4.88. The number of phosphoric ester groups is 2. The van der Waals surface area contributed by atoms with Crippen molar-refractivity contribution in [3.8, 4) is 0 Å². The van der Waals surface area contributed by atoms with Crippen molar-refractivity contribution in [3.05, 3.63) is 134 Å². The summed E-state index contributed by atoms with van der Waals surface area (Å²) < 4.78 is 47.7. The van der Waals surface area contributed by atoms with Crippen LogP contribution in [0.25, 0.3) is 0 Å². The zero-order valence-corrected chi connectivity index (χ0v) is 40.6. The number of ether oxygens (including phenoxy) is 2. The van der Waals surface area contributed by atoms with Crippen LogP contribution in [0.4, 0.5) is 0 Å². The first kappa shape index (κ1) is 61.3. The summed E-state index contributed by atoms with van der Waals surface area (Å²) >= 11 is 0. The molecule has 13 nitrogen and oxygen atoms in total. The quantitative estimate of drug-likeness (QED) is 0.0196. The minimum Gasteiger partial charge on any atom is -0.462 e. The summed E-state index contributed by atoms with van der Waals surface area (Å²) in [4.78, 5) is 52.8.